The Morgan fingerprint density at radius 2 is 1.56 bits per heavy atom. The molecule has 0 saturated heterocycles. The minimum Gasteiger partial charge on any atom is -0.497 e. The van der Waals surface area contributed by atoms with Crippen LogP contribution in [0.2, 0.25) is 0 Å². The standard InChI is InChI=1S/C19H16N2O3S/c1-13-3-9-16(10-4-13)25(22,23)18-17(19(18,11-20)12-21)14-5-7-15(24-2)8-6-14/h3-10,17-18H,1-2H3/t17-,18-/m1/s1. The van der Waals surface area contributed by atoms with Gasteiger partial charge in [-0.1, -0.05) is 29.8 Å². The lowest BCUT2D eigenvalue weighted by atomic mass is 10.0. The number of rotatable bonds is 4. The Labute approximate surface area is 147 Å². The smallest absolute Gasteiger partial charge is 0.184 e. The molecule has 0 radical (unpaired) electrons. The number of sulfone groups is 1. The van der Waals surface area contributed by atoms with Crippen molar-refractivity contribution in [2.45, 2.75) is 23.0 Å². The quantitative estimate of drug-likeness (QED) is 0.843. The van der Waals surface area contributed by atoms with E-state index in [1.165, 1.54) is 19.2 Å². The number of hydrogen-bond acceptors (Lipinski definition) is 5. The van der Waals surface area contributed by atoms with Crippen LogP contribution in [0.15, 0.2) is 53.4 Å². The predicted octanol–water partition coefficient (Wildman–Crippen LogP) is 2.98. The lowest BCUT2D eigenvalue weighted by Gasteiger charge is -2.05. The first-order chi connectivity index (χ1) is 11.9. The van der Waals surface area contributed by atoms with Crippen molar-refractivity contribution in [2.75, 3.05) is 7.11 Å². The molecule has 6 heteroatoms. The molecule has 126 valence electrons. The first-order valence-corrected chi connectivity index (χ1v) is 9.22. The summed E-state index contributed by atoms with van der Waals surface area (Å²) in [5.74, 6) is -0.0541. The minimum atomic E-state index is -3.80. The molecule has 3 rings (SSSR count). The van der Waals surface area contributed by atoms with E-state index >= 15 is 0 Å². The number of nitriles is 2. The van der Waals surface area contributed by atoms with Crippen molar-refractivity contribution in [2.24, 2.45) is 5.41 Å². The summed E-state index contributed by atoms with van der Waals surface area (Å²) >= 11 is 0. The van der Waals surface area contributed by atoms with E-state index < -0.39 is 26.4 Å². The fourth-order valence-electron chi connectivity index (χ4n) is 3.19. The molecule has 2 aromatic rings. The number of benzene rings is 2. The van der Waals surface area contributed by atoms with E-state index in [0.717, 1.165) is 5.56 Å². The highest BCUT2D eigenvalue weighted by molar-refractivity contribution is 7.92. The number of methoxy groups -OCH3 is 1. The summed E-state index contributed by atoms with van der Waals surface area (Å²) in [6.45, 7) is 1.86. The Morgan fingerprint density at radius 3 is 2.04 bits per heavy atom. The predicted molar refractivity (Wildman–Crippen MR) is 91.5 cm³/mol. The van der Waals surface area contributed by atoms with E-state index in [2.05, 4.69) is 0 Å². The van der Waals surface area contributed by atoms with Gasteiger partial charge in [0.15, 0.2) is 15.3 Å². The second-order valence-electron chi connectivity index (χ2n) is 6.12. The molecule has 0 spiro atoms. The fourth-order valence-corrected chi connectivity index (χ4v) is 5.40. The van der Waals surface area contributed by atoms with E-state index in [9.17, 15) is 18.9 Å². The molecule has 0 N–H and O–H groups in total. The van der Waals surface area contributed by atoms with Gasteiger partial charge in [-0.25, -0.2) is 8.42 Å². The molecule has 25 heavy (non-hydrogen) atoms. The van der Waals surface area contributed by atoms with Crippen LogP contribution in [-0.4, -0.2) is 20.8 Å². The highest BCUT2D eigenvalue weighted by Gasteiger charge is 2.73. The third-order valence-corrected chi connectivity index (χ3v) is 6.90. The van der Waals surface area contributed by atoms with Crippen LogP contribution in [0.3, 0.4) is 0 Å². The van der Waals surface area contributed by atoms with Crippen LogP contribution in [0.1, 0.15) is 17.0 Å². The van der Waals surface area contributed by atoms with Crippen LogP contribution >= 0.6 is 0 Å². The van der Waals surface area contributed by atoms with Crippen molar-refractivity contribution in [1.29, 1.82) is 10.5 Å². The van der Waals surface area contributed by atoms with Gasteiger partial charge in [0.1, 0.15) is 11.0 Å². The first kappa shape index (κ1) is 17.0. The van der Waals surface area contributed by atoms with Gasteiger partial charge in [0.05, 0.1) is 24.1 Å². The van der Waals surface area contributed by atoms with Gasteiger partial charge in [0.2, 0.25) is 0 Å². The average Bonchev–Trinajstić information content (AvgIpc) is 3.33. The molecule has 1 aliphatic rings. The van der Waals surface area contributed by atoms with Gasteiger partial charge in [0.25, 0.3) is 0 Å². The van der Waals surface area contributed by atoms with E-state index in [1.54, 1.807) is 36.4 Å². The topological polar surface area (TPSA) is 90.9 Å². The highest BCUT2D eigenvalue weighted by Crippen LogP contribution is 2.63. The molecule has 0 aromatic heterocycles. The Bertz CT molecular complexity index is 967. The van der Waals surface area contributed by atoms with Gasteiger partial charge in [-0.3, -0.25) is 0 Å². The minimum absolute atomic E-state index is 0.133. The van der Waals surface area contributed by atoms with Gasteiger partial charge in [0, 0.05) is 5.92 Å². The zero-order valence-corrected chi connectivity index (χ0v) is 14.6. The van der Waals surface area contributed by atoms with Crippen LogP contribution in [-0.2, 0) is 9.84 Å². The summed E-state index contributed by atoms with van der Waals surface area (Å²) in [4.78, 5) is 0.133. The molecule has 1 fully saturated rings. The molecule has 1 saturated carbocycles. The summed E-state index contributed by atoms with van der Waals surface area (Å²) in [7, 11) is -2.27. The maximum absolute atomic E-state index is 13.0. The molecular weight excluding hydrogens is 336 g/mol. The van der Waals surface area contributed by atoms with Gasteiger partial charge in [-0.05, 0) is 36.8 Å². The van der Waals surface area contributed by atoms with Crippen LogP contribution in [0.4, 0.5) is 0 Å². The molecule has 0 amide bonds. The van der Waals surface area contributed by atoms with E-state index in [1.807, 2.05) is 19.1 Å². The molecule has 0 bridgehead atoms. The van der Waals surface area contributed by atoms with Gasteiger partial charge in [-0.2, -0.15) is 10.5 Å². The maximum atomic E-state index is 13.0. The Hall–Kier alpha value is -2.83. The monoisotopic (exact) mass is 352 g/mol. The largest absolute Gasteiger partial charge is 0.497 e. The lowest BCUT2D eigenvalue weighted by molar-refractivity contribution is 0.414. The zero-order valence-electron chi connectivity index (χ0n) is 13.8. The Kier molecular flexibility index (Phi) is 4.02. The van der Waals surface area contributed by atoms with Crippen molar-refractivity contribution < 1.29 is 13.2 Å². The molecule has 0 heterocycles. The molecule has 2 aromatic carbocycles. The van der Waals surface area contributed by atoms with E-state index in [4.69, 9.17) is 4.74 Å². The molecule has 2 atom stereocenters. The summed E-state index contributed by atoms with van der Waals surface area (Å²) in [6, 6.07) is 17.2. The molecule has 5 nitrogen and oxygen atoms in total. The third-order valence-electron chi connectivity index (χ3n) is 4.66. The zero-order chi connectivity index (χ0) is 18.2. The van der Waals surface area contributed by atoms with Crippen molar-refractivity contribution in [3.8, 4) is 17.9 Å². The number of ether oxygens (including phenoxy) is 1. The van der Waals surface area contributed by atoms with E-state index in [0.29, 0.717) is 11.3 Å². The average molecular weight is 352 g/mol. The van der Waals surface area contributed by atoms with E-state index in [-0.39, 0.29) is 4.90 Å². The second-order valence-corrected chi connectivity index (χ2v) is 8.19. The van der Waals surface area contributed by atoms with Gasteiger partial charge < -0.3 is 4.74 Å². The van der Waals surface area contributed by atoms with Crippen molar-refractivity contribution >= 4 is 9.84 Å². The van der Waals surface area contributed by atoms with Crippen molar-refractivity contribution in [3.63, 3.8) is 0 Å². The normalized spacial score (nSPS) is 21.0. The highest BCUT2D eigenvalue weighted by atomic mass is 32.2. The molecule has 1 aliphatic carbocycles. The van der Waals surface area contributed by atoms with Crippen molar-refractivity contribution in [3.05, 3.63) is 59.7 Å². The second kappa shape index (κ2) is 5.91. The van der Waals surface area contributed by atoms with Crippen LogP contribution in [0, 0.1) is 35.0 Å². The number of nitrogens with zero attached hydrogens (tertiary/aromatic N) is 2. The van der Waals surface area contributed by atoms with Crippen LogP contribution < -0.4 is 4.74 Å². The number of hydrogen-bond donors (Lipinski definition) is 0. The lowest BCUT2D eigenvalue weighted by Crippen LogP contribution is -2.14. The first-order valence-electron chi connectivity index (χ1n) is 7.67. The Balaban J connectivity index is 2.06. The summed E-state index contributed by atoms with van der Waals surface area (Å²) in [6.07, 6.45) is 0. The molecular formula is C19H16N2O3S. The van der Waals surface area contributed by atoms with Gasteiger partial charge >= 0.3 is 0 Å². The molecule has 0 unspecified atom stereocenters. The van der Waals surface area contributed by atoms with Crippen LogP contribution in [0.25, 0.3) is 0 Å². The summed E-state index contributed by atoms with van der Waals surface area (Å²) < 4.78 is 31.1. The SMILES string of the molecule is COc1ccc([C@@H]2[C@@H](S(=O)(=O)c3ccc(C)cc3)C2(C#N)C#N)cc1. The number of aryl methyl sites for hydroxylation is 1. The third kappa shape index (κ3) is 2.56. The fraction of sp³-hybridized carbons (Fsp3) is 0.263. The van der Waals surface area contributed by atoms with Crippen LogP contribution in [0.5, 0.6) is 5.75 Å². The molecule has 0 aliphatic heterocycles. The maximum Gasteiger partial charge on any atom is 0.184 e. The van der Waals surface area contributed by atoms with Gasteiger partial charge in [-0.15, -0.1) is 0 Å². The Morgan fingerprint density at radius 1 is 1.00 bits per heavy atom. The van der Waals surface area contributed by atoms with Crippen molar-refractivity contribution in [1.82, 2.24) is 0 Å². The summed E-state index contributed by atoms with van der Waals surface area (Å²) in [5.41, 5.74) is 0.0102. The summed E-state index contributed by atoms with van der Waals surface area (Å²) in [5, 5.41) is 18.0.